The van der Waals surface area contributed by atoms with Gasteiger partial charge in [-0.3, -0.25) is 9.63 Å². The highest BCUT2D eigenvalue weighted by atomic mass is 16.7. The quantitative estimate of drug-likeness (QED) is 0.713. The van der Waals surface area contributed by atoms with Crippen molar-refractivity contribution in [1.82, 2.24) is 5.06 Å². The van der Waals surface area contributed by atoms with Gasteiger partial charge in [-0.2, -0.15) is 0 Å². The zero-order chi connectivity index (χ0) is 12.0. The lowest BCUT2D eigenvalue weighted by Crippen LogP contribution is -2.25. The van der Waals surface area contributed by atoms with Gasteiger partial charge in [0.05, 0.1) is 7.11 Å². The maximum absolute atomic E-state index is 11.5. The number of carbonyl (C=O) groups is 1. The minimum Gasteiger partial charge on any atom is -0.275 e. The highest BCUT2D eigenvalue weighted by Gasteiger charge is 2.07. The lowest BCUT2D eigenvalue weighted by molar-refractivity contribution is -0.168. The van der Waals surface area contributed by atoms with Crippen LogP contribution in [0.25, 0.3) is 0 Å². The van der Waals surface area contributed by atoms with Gasteiger partial charge in [-0.25, -0.2) is 5.06 Å². The summed E-state index contributed by atoms with van der Waals surface area (Å²) in [5.74, 6) is 0.00191. The van der Waals surface area contributed by atoms with Crippen molar-refractivity contribution < 1.29 is 9.63 Å². The molecule has 1 amide bonds. The molecule has 0 atom stereocenters. The molecule has 3 nitrogen and oxygen atoms in total. The molecule has 0 N–H and O–H groups in total. The number of rotatable bonds is 5. The second kappa shape index (κ2) is 6.28. The minimum absolute atomic E-state index is 0.00191. The molecule has 1 rings (SSSR count). The van der Waals surface area contributed by atoms with E-state index in [1.807, 2.05) is 0 Å². The van der Waals surface area contributed by atoms with E-state index in [0.29, 0.717) is 6.42 Å². The molecule has 1 aromatic rings. The first kappa shape index (κ1) is 12.7. The van der Waals surface area contributed by atoms with Crippen LogP contribution in [0.3, 0.4) is 0 Å². The summed E-state index contributed by atoms with van der Waals surface area (Å²) in [6.07, 6.45) is 2.29. The Morgan fingerprint density at radius 3 is 2.31 bits per heavy atom. The van der Waals surface area contributed by atoms with Gasteiger partial charge >= 0.3 is 0 Å². The molecule has 0 aliphatic heterocycles. The fourth-order valence-electron chi connectivity index (χ4n) is 1.45. The van der Waals surface area contributed by atoms with E-state index < -0.39 is 0 Å². The fraction of sp³-hybridized carbons (Fsp3) is 0.462. The molecule has 0 aliphatic carbocycles. The smallest absolute Gasteiger partial charge is 0.246 e. The van der Waals surface area contributed by atoms with Gasteiger partial charge in [0.15, 0.2) is 0 Å². The van der Waals surface area contributed by atoms with Crippen molar-refractivity contribution in [3.63, 3.8) is 0 Å². The van der Waals surface area contributed by atoms with Crippen LogP contribution in [0.2, 0.25) is 0 Å². The third-order valence-corrected chi connectivity index (χ3v) is 2.68. The van der Waals surface area contributed by atoms with Gasteiger partial charge in [-0.1, -0.05) is 31.2 Å². The lowest BCUT2D eigenvalue weighted by atomic mass is 10.1. The molecule has 0 aromatic heterocycles. The van der Waals surface area contributed by atoms with Gasteiger partial charge in [-0.05, 0) is 24.0 Å². The van der Waals surface area contributed by atoms with E-state index in [9.17, 15) is 4.79 Å². The first-order valence-electron chi connectivity index (χ1n) is 5.55. The summed E-state index contributed by atoms with van der Waals surface area (Å²) in [5.41, 5.74) is 2.51. The third-order valence-electron chi connectivity index (χ3n) is 2.68. The summed E-state index contributed by atoms with van der Waals surface area (Å²) in [7, 11) is 3.12. The van der Waals surface area contributed by atoms with Crippen LogP contribution in [-0.2, 0) is 22.5 Å². The van der Waals surface area contributed by atoms with E-state index >= 15 is 0 Å². The van der Waals surface area contributed by atoms with Crippen LogP contribution in [0.15, 0.2) is 24.3 Å². The molecule has 0 aliphatic rings. The molecular formula is C13H19NO2. The molecular weight excluding hydrogens is 202 g/mol. The molecule has 0 bridgehead atoms. The molecule has 0 heterocycles. The molecule has 0 unspecified atom stereocenters. The van der Waals surface area contributed by atoms with Crippen molar-refractivity contribution in [3.8, 4) is 0 Å². The van der Waals surface area contributed by atoms with E-state index in [1.54, 1.807) is 7.05 Å². The highest BCUT2D eigenvalue weighted by Crippen LogP contribution is 2.08. The summed E-state index contributed by atoms with van der Waals surface area (Å²) < 4.78 is 0. The molecule has 0 radical (unpaired) electrons. The fourth-order valence-corrected chi connectivity index (χ4v) is 1.45. The molecule has 88 valence electrons. The second-order valence-corrected chi connectivity index (χ2v) is 3.74. The minimum atomic E-state index is 0.00191. The summed E-state index contributed by atoms with van der Waals surface area (Å²) in [4.78, 5) is 16.3. The number of hydroxylamine groups is 2. The molecule has 1 aromatic carbocycles. The Hall–Kier alpha value is -1.35. The van der Waals surface area contributed by atoms with Crippen molar-refractivity contribution in [3.05, 3.63) is 35.4 Å². The predicted molar refractivity (Wildman–Crippen MR) is 63.9 cm³/mol. The second-order valence-electron chi connectivity index (χ2n) is 3.74. The number of nitrogens with zero attached hydrogens (tertiary/aromatic N) is 1. The average Bonchev–Trinajstić information content (AvgIpc) is 2.35. The van der Waals surface area contributed by atoms with E-state index in [2.05, 4.69) is 31.2 Å². The van der Waals surface area contributed by atoms with Gasteiger partial charge in [-0.15, -0.1) is 0 Å². The highest BCUT2D eigenvalue weighted by molar-refractivity contribution is 5.75. The molecule has 0 saturated heterocycles. The average molecular weight is 221 g/mol. The molecule has 0 fully saturated rings. The largest absolute Gasteiger partial charge is 0.275 e. The van der Waals surface area contributed by atoms with Gasteiger partial charge < -0.3 is 0 Å². The van der Waals surface area contributed by atoms with Crippen LogP contribution in [0.5, 0.6) is 0 Å². The first-order valence-corrected chi connectivity index (χ1v) is 5.55. The summed E-state index contributed by atoms with van der Waals surface area (Å²) in [5, 5.41) is 1.26. The molecule has 0 spiro atoms. The third kappa shape index (κ3) is 3.66. The molecule has 16 heavy (non-hydrogen) atoms. The van der Waals surface area contributed by atoms with Crippen molar-refractivity contribution in [2.45, 2.75) is 26.2 Å². The Morgan fingerprint density at radius 1 is 1.25 bits per heavy atom. The SMILES string of the molecule is CCc1ccc(CCC(=O)N(C)OC)cc1. The lowest BCUT2D eigenvalue weighted by Gasteiger charge is -2.13. The Balaban J connectivity index is 2.45. The van der Waals surface area contributed by atoms with Crippen LogP contribution in [0.1, 0.15) is 24.5 Å². The van der Waals surface area contributed by atoms with Crippen LogP contribution in [0.4, 0.5) is 0 Å². The van der Waals surface area contributed by atoms with Gasteiger partial charge in [0, 0.05) is 13.5 Å². The zero-order valence-electron chi connectivity index (χ0n) is 10.2. The van der Waals surface area contributed by atoms with Crippen LogP contribution in [-0.4, -0.2) is 25.1 Å². The van der Waals surface area contributed by atoms with Crippen molar-refractivity contribution in [2.75, 3.05) is 14.2 Å². The first-order chi connectivity index (χ1) is 7.67. The van der Waals surface area contributed by atoms with Crippen molar-refractivity contribution >= 4 is 5.91 Å². The Bertz CT molecular complexity index is 332. The van der Waals surface area contributed by atoms with Crippen molar-refractivity contribution in [1.29, 1.82) is 0 Å². The van der Waals surface area contributed by atoms with Crippen molar-refractivity contribution in [2.24, 2.45) is 0 Å². The van der Waals surface area contributed by atoms with Crippen LogP contribution < -0.4 is 0 Å². The van der Waals surface area contributed by atoms with E-state index in [-0.39, 0.29) is 5.91 Å². The van der Waals surface area contributed by atoms with E-state index in [4.69, 9.17) is 4.84 Å². The zero-order valence-corrected chi connectivity index (χ0v) is 10.2. The Morgan fingerprint density at radius 2 is 1.81 bits per heavy atom. The van der Waals surface area contributed by atoms with Crippen LogP contribution >= 0.6 is 0 Å². The van der Waals surface area contributed by atoms with Gasteiger partial charge in [0.1, 0.15) is 0 Å². The summed E-state index contributed by atoms with van der Waals surface area (Å²) in [6.45, 7) is 2.13. The van der Waals surface area contributed by atoms with E-state index in [1.165, 1.54) is 23.3 Å². The maximum Gasteiger partial charge on any atom is 0.246 e. The summed E-state index contributed by atoms with van der Waals surface area (Å²) in [6, 6.07) is 8.39. The predicted octanol–water partition coefficient (Wildman–Crippen LogP) is 2.20. The monoisotopic (exact) mass is 221 g/mol. The Labute approximate surface area is 97.0 Å². The van der Waals surface area contributed by atoms with Gasteiger partial charge in [0.25, 0.3) is 0 Å². The molecule has 3 heteroatoms. The van der Waals surface area contributed by atoms with E-state index in [0.717, 1.165) is 12.8 Å². The number of hydrogen-bond donors (Lipinski definition) is 0. The maximum atomic E-state index is 11.5. The topological polar surface area (TPSA) is 29.5 Å². The Kier molecular flexibility index (Phi) is 4.99. The number of benzene rings is 1. The molecule has 0 saturated carbocycles. The van der Waals surface area contributed by atoms with Crippen LogP contribution in [0, 0.1) is 0 Å². The number of amides is 1. The summed E-state index contributed by atoms with van der Waals surface area (Å²) >= 11 is 0. The van der Waals surface area contributed by atoms with Gasteiger partial charge in [0.2, 0.25) is 5.91 Å². The number of carbonyl (C=O) groups excluding carboxylic acids is 1. The standard InChI is InChI=1S/C13H19NO2/c1-4-11-5-7-12(8-6-11)9-10-13(15)14(2)16-3/h5-8H,4,9-10H2,1-3H3. The number of aryl methyl sites for hydroxylation is 2. The normalized spacial score (nSPS) is 10.2. The number of hydrogen-bond acceptors (Lipinski definition) is 2.